The van der Waals surface area contributed by atoms with Crippen molar-refractivity contribution in [1.82, 2.24) is 25.5 Å². The summed E-state index contributed by atoms with van der Waals surface area (Å²) in [6.45, 7) is 11.9. The highest BCUT2D eigenvalue weighted by Crippen LogP contribution is 2.38. The van der Waals surface area contributed by atoms with Gasteiger partial charge in [0, 0.05) is 5.54 Å². The maximum absolute atomic E-state index is 4.29. The molecule has 20 heavy (non-hydrogen) atoms. The van der Waals surface area contributed by atoms with Gasteiger partial charge in [0.1, 0.15) is 0 Å². The number of hydrogen-bond acceptors (Lipinski definition) is 4. The lowest BCUT2D eigenvalue weighted by Gasteiger charge is -2.34. The molecule has 1 heterocycles. The molecule has 0 aromatic carbocycles. The van der Waals surface area contributed by atoms with Crippen LogP contribution in [0.4, 0.5) is 0 Å². The largest absolute Gasteiger partial charge is 0.305 e. The van der Waals surface area contributed by atoms with Gasteiger partial charge < -0.3 is 5.32 Å². The summed E-state index contributed by atoms with van der Waals surface area (Å²) in [5.41, 5.74) is 0.0841. The zero-order chi connectivity index (χ0) is 14.8. The molecule has 5 heteroatoms. The van der Waals surface area contributed by atoms with Crippen molar-refractivity contribution >= 4 is 0 Å². The molecule has 2 rings (SSSR count). The molecule has 0 aliphatic heterocycles. The van der Waals surface area contributed by atoms with E-state index in [2.05, 4.69) is 60.1 Å². The third kappa shape index (κ3) is 3.78. The van der Waals surface area contributed by atoms with Gasteiger partial charge in [0.25, 0.3) is 0 Å². The molecule has 0 bridgehead atoms. The third-order valence-corrected chi connectivity index (χ3v) is 4.29. The Kier molecular flexibility index (Phi) is 4.78. The Morgan fingerprint density at radius 1 is 1.25 bits per heavy atom. The standard InChI is InChI=1S/C15H29N5/c1-11(2)12-8-6-7-9-13(12)20-14(17-18-19-20)10-16-15(3,4)5/h11-13,16H,6-10H2,1-5H3. The number of nitrogens with one attached hydrogen (secondary N) is 1. The van der Waals surface area contributed by atoms with Crippen molar-refractivity contribution in [1.29, 1.82) is 0 Å². The minimum absolute atomic E-state index is 0.0841. The fourth-order valence-corrected chi connectivity index (χ4v) is 3.15. The molecule has 1 aromatic rings. The van der Waals surface area contributed by atoms with Gasteiger partial charge in [0.2, 0.25) is 0 Å². The average molecular weight is 279 g/mol. The maximum Gasteiger partial charge on any atom is 0.165 e. The number of rotatable bonds is 4. The van der Waals surface area contributed by atoms with E-state index in [1.807, 2.05) is 0 Å². The molecular weight excluding hydrogens is 250 g/mol. The second-order valence-electron chi connectivity index (χ2n) is 7.40. The first-order valence-corrected chi connectivity index (χ1v) is 7.90. The lowest BCUT2D eigenvalue weighted by atomic mass is 9.78. The quantitative estimate of drug-likeness (QED) is 0.920. The predicted molar refractivity (Wildman–Crippen MR) is 80.2 cm³/mol. The Labute approximate surface area is 122 Å². The van der Waals surface area contributed by atoms with Gasteiger partial charge in [0.15, 0.2) is 5.82 Å². The Hall–Kier alpha value is -0.970. The van der Waals surface area contributed by atoms with Crippen LogP contribution in [0.15, 0.2) is 0 Å². The van der Waals surface area contributed by atoms with E-state index in [9.17, 15) is 0 Å². The van der Waals surface area contributed by atoms with Gasteiger partial charge in [0.05, 0.1) is 12.6 Å². The van der Waals surface area contributed by atoms with Crippen LogP contribution in [-0.4, -0.2) is 25.7 Å². The van der Waals surface area contributed by atoms with E-state index in [0.29, 0.717) is 17.9 Å². The van der Waals surface area contributed by atoms with Crippen molar-refractivity contribution in [3.63, 3.8) is 0 Å². The minimum atomic E-state index is 0.0841. The fourth-order valence-electron chi connectivity index (χ4n) is 3.15. The van der Waals surface area contributed by atoms with Gasteiger partial charge in [-0.2, -0.15) is 0 Å². The first-order chi connectivity index (χ1) is 9.38. The molecule has 1 aliphatic carbocycles. The highest BCUT2D eigenvalue weighted by Gasteiger charge is 2.31. The molecule has 5 nitrogen and oxygen atoms in total. The Bertz CT molecular complexity index is 418. The summed E-state index contributed by atoms with van der Waals surface area (Å²) in [5, 5.41) is 15.9. The lowest BCUT2D eigenvalue weighted by molar-refractivity contribution is 0.166. The topological polar surface area (TPSA) is 55.6 Å². The van der Waals surface area contributed by atoms with Crippen LogP contribution in [-0.2, 0) is 6.54 Å². The smallest absolute Gasteiger partial charge is 0.165 e. The SMILES string of the molecule is CC(C)C1CCCCC1n1nnnc1CNC(C)(C)C. The van der Waals surface area contributed by atoms with E-state index in [1.165, 1.54) is 25.7 Å². The van der Waals surface area contributed by atoms with Crippen molar-refractivity contribution < 1.29 is 0 Å². The van der Waals surface area contributed by atoms with Gasteiger partial charge in [-0.1, -0.05) is 26.7 Å². The van der Waals surface area contributed by atoms with Crippen molar-refractivity contribution in [2.24, 2.45) is 11.8 Å². The molecule has 2 atom stereocenters. The van der Waals surface area contributed by atoms with Crippen LogP contribution in [0.25, 0.3) is 0 Å². The number of aromatic nitrogens is 4. The van der Waals surface area contributed by atoms with Crippen LogP contribution in [0.3, 0.4) is 0 Å². The van der Waals surface area contributed by atoms with Gasteiger partial charge in [-0.3, -0.25) is 0 Å². The van der Waals surface area contributed by atoms with Crippen molar-refractivity contribution in [2.75, 3.05) is 0 Å². The lowest BCUT2D eigenvalue weighted by Crippen LogP contribution is -2.37. The average Bonchev–Trinajstić information content (AvgIpc) is 2.83. The van der Waals surface area contributed by atoms with Crippen molar-refractivity contribution in [3.05, 3.63) is 5.82 Å². The second-order valence-corrected chi connectivity index (χ2v) is 7.40. The maximum atomic E-state index is 4.29. The van der Waals surface area contributed by atoms with Crippen LogP contribution in [0.2, 0.25) is 0 Å². The Balaban J connectivity index is 2.13. The molecule has 114 valence electrons. The van der Waals surface area contributed by atoms with Crippen LogP contribution in [0.5, 0.6) is 0 Å². The molecule has 0 amide bonds. The van der Waals surface area contributed by atoms with E-state index >= 15 is 0 Å². The summed E-state index contributed by atoms with van der Waals surface area (Å²) in [6, 6.07) is 0.468. The van der Waals surface area contributed by atoms with Crippen molar-refractivity contribution in [3.8, 4) is 0 Å². The number of tetrazole rings is 1. The van der Waals surface area contributed by atoms with Gasteiger partial charge in [-0.05, 0) is 55.9 Å². The summed E-state index contributed by atoms with van der Waals surface area (Å²) >= 11 is 0. The molecule has 0 saturated heterocycles. The van der Waals surface area contributed by atoms with Crippen LogP contribution >= 0.6 is 0 Å². The molecule has 0 radical (unpaired) electrons. The molecule has 1 N–H and O–H groups in total. The van der Waals surface area contributed by atoms with E-state index in [-0.39, 0.29) is 5.54 Å². The van der Waals surface area contributed by atoms with Gasteiger partial charge in [-0.15, -0.1) is 5.10 Å². The molecule has 1 fully saturated rings. The third-order valence-electron chi connectivity index (χ3n) is 4.29. The fraction of sp³-hybridized carbons (Fsp3) is 0.933. The molecule has 1 aromatic heterocycles. The zero-order valence-corrected chi connectivity index (χ0v) is 13.6. The Morgan fingerprint density at radius 2 is 1.95 bits per heavy atom. The van der Waals surface area contributed by atoms with Gasteiger partial charge in [-0.25, -0.2) is 4.68 Å². The number of nitrogens with zero attached hydrogens (tertiary/aromatic N) is 4. The minimum Gasteiger partial charge on any atom is -0.305 e. The van der Waals surface area contributed by atoms with E-state index in [0.717, 1.165) is 12.4 Å². The van der Waals surface area contributed by atoms with Crippen LogP contribution in [0, 0.1) is 11.8 Å². The van der Waals surface area contributed by atoms with Gasteiger partial charge >= 0.3 is 0 Å². The van der Waals surface area contributed by atoms with E-state index in [4.69, 9.17) is 0 Å². The molecule has 2 unspecified atom stereocenters. The van der Waals surface area contributed by atoms with Crippen molar-refractivity contribution in [2.45, 2.75) is 78.4 Å². The summed E-state index contributed by atoms with van der Waals surface area (Å²) in [6.07, 6.45) is 5.14. The highest BCUT2D eigenvalue weighted by molar-refractivity contribution is 4.90. The normalized spacial score (nSPS) is 24.3. The predicted octanol–water partition coefficient (Wildman–Crippen LogP) is 2.95. The van der Waals surface area contributed by atoms with E-state index < -0.39 is 0 Å². The summed E-state index contributed by atoms with van der Waals surface area (Å²) in [5.74, 6) is 2.35. The summed E-state index contributed by atoms with van der Waals surface area (Å²) in [7, 11) is 0. The molecular formula is C15H29N5. The van der Waals surface area contributed by atoms with Crippen LogP contribution in [0.1, 0.15) is 72.2 Å². The van der Waals surface area contributed by atoms with Crippen LogP contribution < -0.4 is 5.32 Å². The number of hydrogen-bond donors (Lipinski definition) is 1. The first kappa shape index (κ1) is 15.4. The summed E-state index contributed by atoms with van der Waals surface area (Å²) < 4.78 is 2.09. The molecule has 0 spiro atoms. The van der Waals surface area contributed by atoms with E-state index in [1.54, 1.807) is 0 Å². The first-order valence-electron chi connectivity index (χ1n) is 7.90. The molecule has 1 aliphatic rings. The molecule has 1 saturated carbocycles. The zero-order valence-electron chi connectivity index (χ0n) is 13.6. The Morgan fingerprint density at radius 3 is 2.60 bits per heavy atom. The highest BCUT2D eigenvalue weighted by atomic mass is 15.6. The second kappa shape index (κ2) is 6.20. The summed E-state index contributed by atoms with van der Waals surface area (Å²) in [4.78, 5) is 0. The monoisotopic (exact) mass is 279 g/mol.